The second kappa shape index (κ2) is 16.0. The maximum absolute atomic E-state index is 10.2. The van der Waals surface area contributed by atoms with Gasteiger partial charge in [0.1, 0.15) is 0 Å². The number of nitriles is 1. The molecule has 0 aliphatic heterocycles. The number of carboxylic acid groups (broad SMARTS) is 1. The lowest BCUT2D eigenvalue weighted by Crippen LogP contribution is -1.98. The van der Waals surface area contributed by atoms with E-state index < -0.39 is 5.97 Å². The molecule has 0 spiro atoms. The van der Waals surface area contributed by atoms with Gasteiger partial charge < -0.3 is 9.84 Å². The summed E-state index contributed by atoms with van der Waals surface area (Å²) in [7, 11) is 1.33. The minimum atomic E-state index is -0.981. The number of allylic oxidation sites excluding steroid dienone is 3. The molecule has 0 unspecified atom stereocenters. The van der Waals surface area contributed by atoms with Crippen molar-refractivity contribution in [1.29, 1.82) is 5.26 Å². The number of methoxy groups -OCH3 is 1. The van der Waals surface area contributed by atoms with Gasteiger partial charge in [-0.05, 0) is 12.5 Å². The number of carboxylic acids is 1. The SMILES string of the molecule is C=C(C)C(=O)OC.C=CC(=O)O.N#CC=CC=Cc1ccccc1. The van der Waals surface area contributed by atoms with E-state index in [0.29, 0.717) is 5.57 Å². The molecule has 0 heterocycles. The van der Waals surface area contributed by atoms with Crippen molar-refractivity contribution in [2.24, 2.45) is 0 Å². The molecule has 1 aromatic rings. The summed E-state index contributed by atoms with van der Waals surface area (Å²) >= 11 is 0. The summed E-state index contributed by atoms with van der Waals surface area (Å²) in [5, 5.41) is 15.8. The third-order valence-electron chi connectivity index (χ3n) is 2.08. The van der Waals surface area contributed by atoms with Gasteiger partial charge >= 0.3 is 11.9 Å². The fraction of sp³-hybridized carbons (Fsp3) is 0.105. The minimum absolute atomic E-state index is 0.347. The van der Waals surface area contributed by atoms with Crippen molar-refractivity contribution in [2.45, 2.75) is 6.92 Å². The minimum Gasteiger partial charge on any atom is -0.478 e. The lowest BCUT2D eigenvalue weighted by molar-refractivity contribution is -0.136. The molecule has 5 heteroatoms. The van der Waals surface area contributed by atoms with Crippen LogP contribution < -0.4 is 0 Å². The quantitative estimate of drug-likeness (QED) is 0.393. The average molecular weight is 327 g/mol. The fourth-order valence-electron chi connectivity index (χ4n) is 1.00. The monoisotopic (exact) mass is 327 g/mol. The van der Waals surface area contributed by atoms with E-state index in [1.807, 2.05) is 48.6 Å². The van der Waals surface area contributed by atoms with Crippen molar-refractivity contribution in [3.05, 3.63) is 78.9 Å². The lowest BCUT2D eigenvalue weighted by Gasteiger charge is -1.91. The van der Waals surface area contributed by atoms with Crippen molar-refractivity contribution in [1.82, 2.24) is 0 Å². The summed E-state index contributed by atoms with van der Waals surface area (Å²) in [6, 6.07) is 11.9. The molecule has 126 valence electrons. The van der Waals surface area contributed by atoms with E-state index in [-0.39, 0.29) is 5.97 Å². The highest BCUT2D eigenvalue weighted by Crippen LogP contribution is 2.00. The van der Waals surface area contributed by atoms with Gasteiger partial charge in [-0.15, -0.1) is 0 Å². The molecule has 0 aliphatic carbocycles. The summed E-state index contributed by atoms with van der Waals surface area (Å²) in [6.07, 6.45) is 7.79. The number of rotatable bonds is 4. The third-order valence-corrected chi connectivity index (χ3v) is 2.08. The molecule has 1 rings (SSSR count). The Morgan fingerprint density at radius 1 is 1.25 bits per heavy atom. The zero-order valence-electron chi connectivity index (χ0n) is 13.8. The van der Waals surface area contributed by atoms with Gasteiger partial charge in [-0.3, -0.25) is 0 Å². The Morgan fingerprint density at radius 2 is 1.79 bits per heavy atom. The van der Waals surface area contributed by atoms with Crippen LogP contribution in [0.15, 0.2) is 73.4 Å². The fourth-order valence-corrected chi connectivity index (χ4v) is 1.00. The van der Waals surface area contributed by atoms with Crippen LogP contribution in [0.1, 0.15) is 12.5 Å². The van der Waals surface area contributed by atoms with Crippen LogP contribution in [0.2, 0.25) is 0 Å². The Kier molecular flexibility index (Phi) is 15.2. The third kappa shape index (κ3) is 16.7. The van der Waals surface area contributed by atoms with Crippen LogP contribution in [-0.2, 0) is 14.3 Å². The predicted molar refractivity (Wildman–Crippen MR) is 94.9 cm³/mol. The second-order valence-electron chi connectivity index (χ2n) is 4.07. The van der Waals surface area contributed by atoms with E-state index in [0.717, 1.165) is 11.6 Å². The topological polar surface area (TPSA) is 87.4 Å². The number of carbonyl (C=O) groups is 2. The lowest BCUT2D eigenvalue weighted by atomic mass is 10.2. The van der Waals surface area contributed by atoms with E-state index in [9.17, 15) is 9.59 Å². The van der Waals surface area contributed by atoms with Gasteiger partial charge in [0, 0.05) is 17.7 Å². The Hall–Kier alpha value is -3.39. The van der Waals surface area contributed by atoms with Crippen LogP contribution in [0.4, 0.5) is 0 Å². The Bertz CT molecular complexity index is 623. The normalized spacial score (nSPS) is 8.88. The van der Waals surface area contributed by atoms with Crippen LogP contribution >= 0.6 is 0 Å². The molecular formula is C19H21NO4. The van der Waals surface area contributed by atoms with Gasteiger partial charge in [-0.25, -0.2) is 9.59 Å². The smallest absolute Gasteiger partial charge is 0.332 e. The Labute approximate surface area is 142 Å². The van der Waals surface area contributed by atoms with Gasteiger partial charge in [0.15, 0.2) is 0 Å². The zero-order valence-corrected chi connectivity index (χ0v) is 13.8. The molecule has 0 aromatic heterocycles. The largest absolute Gasteiger partial charge is 0.478 e. The number of ether oxygens (including phenoxy) is 1. The van der Waals surface area contributed by atoms with Gasteiger partial charge in [0.2, 0.25) is 0 Å². The number of nitrogens with zero attached hydrogens (tertiary/aromatic N) is 1. The summed E-state index contributed by atoms with van der Waals surface area (Å²) < 4.78 is 4.27. The Balaban J connectivity index is 0. The van der Waals surface area contributed by atoms with E-state index in [1.165, 1.54) is 13.2 Å². The van der Waals surface area contributed by atoms with Crippen molar-refractivity contribution >= 4 is 18.0 Å². The highest BCUT2D eigenvalue weighted by molar-refractivity contribution is 5.86. The van der Waals surface area contributed by atoms with Crippen molar-refractivity contribution in [3.63, 3.8) is 0 Å². The molecule has 0 saturated heterocycles. The molecular weight excluding hydrogens is 306 g/mol. The van der Waals surface area contributed by atoms with E-state index in [4.69, 9.17) is 10.4 Å². The van der Waals surface area contributed by atoms with Crippen LogP contribution in [0, 0.1) is 11.3 Å². The first-order chi connectivity index (χ1) is 11.4. The molecule has 0 bridgehead atoms. The van der Waals surface area contributed by atoms with Crippen LogP contribution in [-0.4, -0.2) is 24.2 Å². The number of esters is 1. The molecule has 0 amide bonds. The highest BCUT2D eigenvalue weighted by atomic mass is 16.5. The van der Waals surface area contributed by atoms with Crippen LogP contribution in [0.25, 0.3) is 6.08 Å². The van der Waals surface area contributed by atoms with Gasteiger partial charge in [0.05, 0.1) is 13.2 Å². The summed E-state index contributed by atoms with van der Waals surface area (Å²) in [5.41, 5.74) is 1.57. The first-order valence-corrected chi connectivity index (χ1v) is 6.76. The van der Waals surface area contributed by atoms with Crippen molar-refractivity contribution in [3.8, 4) is 6.07 Å². The molecule has 0 aliphatic rings. The van der Waals surface area contributed by atoms with E-state index >= 15 is 0 Å². The molecule has 0 radical (unpaired) electrons. The average Bonchev–Trinajstić information content (AvgIpc) is 2.60. The second-order valence-corrected chi connectivity index (χ2v) is 4.07. The first kappa shape index (κ1) is 22.9. The van der Waals surface area contributed by atoms with E-state index in [1.54, 1.807) is 13.0 Å². The predicted octanol–water partition coefficient (Wildman–Crippen LogP) is 3.77. The number of hydrogen-bond acceptors (Lipinski definition) is 4. The number of benzene rings is 1. The maximum Gasteiger partial charge on any atom is 0.332 e. The van der Waals surface area contributed by atoms with Gasteiger partial charge in [0.25, 0.3) is 0 Å². The van der Waals surface area contributed by atoms with Crippen LogP contribution in [0.5, 0.6) is 0 Å². The molecule has 0 saturated carbocycles. The molecule has 24 heavy (non-hydrogen) atoms. The molecule has 5 nitrogen and oxygen atoms in total. The standard InChI is InChI=1S/C11H9N.C5H8O2.C3H4O2/c12-10-6-2-5-9-11-7-3-1-4-8-11;1-4(2)5(6)7-3;1-2-3(4)5/h1-9H;1H2,2-3H3;2H,1H2,(H,4,5). The highest BCUT2D eigenvalue weighted by Gasteiger charge is 1.95. The van der Waals surface area contributed by atoms with Crippen molar-refractivity contribution in [2.75, 3.05) is 7.11 Å². The van der Waals surface area contributed by atoms with Crippen LogP contribution in [0.3, 0.4) is 0 Å². The number of aliphatic carboxylic acids is 1. The first-order valence-electron chi connectivity index (χ1n) is 6.76. The molecule has 0 atom stereocenters. The summed E-state index contributed by atoms with van der Waals surface area (Å²) in [4.78, 5) is 19.4. The molecule has 1 aromatic carbocycles. The maximum atomic E-state index is 10.2. The summed E-state index contributed by atoms with van der Waals surface area (Å²) in [6.45, 7) is 7.92. The Morgan fingerprint density at radius 3 is 2.12 bits per heavy atom. The number of carbonyl (C=O) groups excluding carboxylic acids is 1. The van der Waals surface area contributed by atoms with E-state index in [2.05, 4.69) is 17.9 Å². The molecule has 1 N–H and O–H groups in total. The summed E-state index contributed by atoms with van der Waals surface area (Å²) in [5.74, 6) is -1.33. The van der Waals surface area contributed by atoms with Crippen molar-refractivity contribution < 1.29 is 19.4 Å². The zero-order chi connectivity index (χ0) is 18.8. The van der Waals surface area contributed by atoms with Gasteiger partial charge in [-0.2, -0.15) is 5.26 Å². The molecule has 0 fully saturated rings. The number of hydrogen-bond donors (Lipinski definition) is 1. The van der Waals surface area contributed by atoms with Gasteiger partial charge in [-0.1, -0.05) is 61.7 Å².